The standard InChI is InChI=1S/C50H90NO10P/c1-3-5-7-9-11-13-15-17-19-20-21-22-23-24-25-26-28-29-31-33-35-37-39-41-48(53)51-47(50(55)56)45-61-62(57,58)60-44-46(52)43-59-49(54)42-40-38-36-34-32-30-27-18-16-14-12-10-8-6-4-2/h6,8,12,14,17-19,27,46-47,52H,3-5,7,9-11,13,15-16,20-26,28-45H2,1-2H3,(H,51,53)(H,55,56)(H,57,58)/b8-6-,14-12-,19-17+,27-18-. The van der Waals surface area contributed by atoms with E-state index < -0.39 is 57.6 Å². The van der Waals surface area contributed by atoms with Crippen molar-refractivity contribution in [2.45, 2.75) is 231 Å². The molecule has 0 saturated heterocycles. The maximum atomic E-state index is 12.4. The second-order valence-electron chi connectivity index (χ2n) is 16.6. The predicted octanol–water partition coefficient (Wildman–Crippen LogP) is 13.3. The number of carboxylic acids is 1. The Balaban J connectivity index is 3.84. The first kappa shape index (κ1) is 59.4. The minimum Gasteiger partial charge on any atom is -0.480 e. The third kappa shape index (κ3) is 44.1. The van der Waals surface area contributed by atoms with Gasteiger partial charge in [0.2, 0.25) is 5.91 Å². The topological polar surface area (TPSA) is 169 Å². The van der Waals surface area contributed by atoms with Crippen molar-refractivity contribution in [3.05, 3.63) is 48.6 Å². The van der Waals surface area contributed by atoms with Crippen molar-refractivity contribution in [3.63, 3.8) is 0 Å². The van der Waals surface area contributed by atoms with Gasteiger partial charge in [-0.1, -0.05) is 184 Å². The predicted molar refractivity (Wildman–Crippen MR) is 254 cm³/mol. The average molecular weight is 896 g/mol. The maximum absolute atomic E-state index is 12.4. The van der Waals surface area contributed by atoms with E-state index in [2.05, 4.69) is 67.8 Å². The summed E-state index contributed by atoms with van der Waals surface area (Å²) < 4.78 is 26.9. The van der Waals surface area contributed by atoms with Crippen LogP contribution < -0.4 is 5.32 Å². The summed E-state index contributed by atoms with van der Waals surface area (Å²) in [6.07, 6.45) is 51.4. The summed E-state index contributed by atoms with van der Waals surface area (Å²) in [5.74, 6) is -2.39. The van der Waals surface area contributed by atoms with Crippen LogP contribution in [0.3, 0.4) is 0 Å². The number of carbonyl (C=O) groups is 3. The van der Waals surface area contributed by atoms with Gasteiger partial charge in [-0.2, -0.15) is 0 Å². The molecule has 3 unspecified atom stereocenters. The highest BCUT2D eigenvalue weighted by Gasteiger charge is 2.28. The molecule has 0 aromatic rings. The molecule has 1 amide bonds. The molecule has 62 heavy (non-hydrogen) atoms. The Bertz CT molecular complexity index is 1240. The quantitative estimate of drug-likeness (QED) is 0.0200. The number of rotatable bonds is 46. The number of amides is 1. The molecule has 3 atom stereocenters. The van der Waals surface area contributed by atoms with E-state index in [1.54, 1.807) is 0 Å². The van der Waals surface area contributed by atoms with Crippen LogP contribution >= 0.6 is 7.82 Å². The largest absolute Gasteiger partial charge is 0.480 e. The number of carbonyl (C=O) groups excluding carboxylic acids is 2. The number of phosphoric acid groups is 1. The van der Waals surface area contributed by atoms with Crippen LogP contribution in [-0.4, -0.2) is 64.9 Å². The van der Waals surface area contributed by atoms with Crippen LogP contribution in [0.5, 0.6) is 0 Å². The summed E-state index contributed by atoms with van der Waals surface area (Å²) in [6.45, 7) is 2.48. The molecule has 360 valence electrons. The molecule has 0 radical (unpaired) electrons. The number of nitrogens with one attached hydrogen (secondary N) is 1. The van der Waals surface area contributed by atoms with Gasteiger partial charge in [-0.25, -0.2) is 9.36 Å². The van der Waals surface area contributed by atoms with Gasteiger partial charge >= 0.3 is 19.8 Å². The van der Waals surface area contributed by atoms with Gasteiger partial charge in [0.05, 0.1) is 13.2 Å². The van der Waals surface area contributed by atoms with Crippen molar-refractivity contribution < 1.29 is 47.8 Å². The van der Waals surface area contributed by atoms with Gasteiger partial charge in [0.1, 0.15) is 12.7 Å². The SMILES string of the molecule is CC/C=C\C/C=C\C/C=C\CCCCCCCC(=O)OCC(O)COP(=O)(O)OCC(NC(=O)CCCCCCCCCCCCCCC/C=C/CCCCCCCC)C(=O)O. The van der Waals surface area contributed by atoms with E-state index in [9.17, 15) is 34.1 Å². The zero-order valence-electron chi connectivity index (χ0n) is 39.2. The molecule has 0 spiro atoms. The summed E-state index contributed by atoms with van der Waals surface area (Å²) in [6, 6.07) is -1.55. The summed E-state index contributed by atoms with van der Waals surface area (Å²) >= 11 is 0. The lowest BCUT2D eigenvalue weighted by atomic mass is 10.0. The number of aliphatic hydroxyl groups is 1. The van der Waals surface area contributed by atoms with Crippen LogP contribution in [0.25, 0.3) is 0 Å². The van der Waals surface area contributed by atoms with Gasteiger partial charge in [-0.05, 0) is 70.6 Å². The van der Waals surface area contributed by atoms with Gasteiger partial charge in [-0.15, -0.1) is 0 Å². The van der Waals surface area contributed by atoms with E-state index in [-0.39, 0.29) is 12.8 Å². The number of phosphoric ester groups is 1. The maximum Gasteiger partial charge on any atom is 0.472 e. The zero-order chi connectivity index (χ0) is 45.6. The number of carboxylic acid groups (broad SMARTS) is 1. The third-order valence-electron chi connectivity index (χ3n) is 10.6. The highest BCUT2D eigenvalue weighted by molar-refractivity contribution is 7.47. The summed E-state index contributed by atoms with van der Waals surface area (Å²) in [7, 11) is -4.76. The van der Waals surface area contributed by atoms with Crippen LogP contribution in [0.15, 0.2) is 48.6 Å². The highest BCUT2D eigenvalue weighted by Crippen LogP contribution is 2.43. The molecule has 0 aromatic heterocycles. The number of hydrogen-bond acceptors (Lipinski definition) is 8. The first-order valence-corrected chi connectivity index (χ1v) is 26.2. The van der Waals surface area contributed by atoms with Crippen molar-refractivity contribution in [3.8, 4) is 0 Å². The fourth-order valence-electron chi connectivity index (χ4n) is 6.80. The van der Waals surface area contributed by atoms with Gasteiger partial charge in [-0.3, -0.25) is 18.6 Å². The van der Waals surface area contributed by atoms with Gasteiger partial charge in [0.15, 0.2) is 6.04 Å². The molecule has 0 fully saturated rings. The molecule has 0 aliphatic rings. The zero-order valence-corrected chi connectivity index (χ0v) is 40.1. The van der Waals surface area contributed by atoms with Crippen molar-refractivity contribution in [2.24, 2.45) is 0 Å². The Labute approximate surface area is 377 Å². The minimum atomic E-state index is -4.76. The van der Waals surface area contributed by atoms with Crippen molar-refractivity contribution >= 4 is 25.7 Å². The fraction of sp³-hybridized carbons (Fsp3) is 0.780. The number of aliphatic carboxylic acids is 1. The van der Waals surface area contributed by atoms with Crippen LogP contribution in [0, 0.1) is 0 Å². The monoisotopic (exact) mass is 896 g/mol. The molecular formula is C50H90NO10P. The molecule has 0 aromatic carbocycles. The lowest BCUT2D eigenvalue weighted by Gasteiger charge is -2.18. The second kappa shape index (κ2) is 45.0. The Hall–Kier alpha value is -2.56. The van der Waals surface area contributed by atoms with E-state index in [4.69, 9.17) is 13.8 Å². The molecule has 0 rings (SSSR count). The third-order valence-corrected chi connectivity index (χ3v) is 11.6. The Morgan fingerprint density at radius 2 is 0.935 bits per heavy atom. The van der Waals surface area contributed by atoms with Gasteiger partial charge < -0.3 is 25.2 Å². The number of aliphatic hydroxyl groups excluding tert-OH is 1. The van der Waals surface area contributed by atoms with Crippen LogP contribution in [-0.2, 0) is 32.7 Å². The van der Waals surface area contributed by atoms with Crippen LogP contribution in [0.2, 0.25) is 0 Å². The van der Waals surface area contributed by atoms with E-state index in [0.717, 1.165) is 70.6 Å². The number of allylic oxidation sites excluding steroid dienone is 8. The molecule has 0 aliphatic heterocycles. The van der Waals surface area contributed by atoms with Crippen molar-refractivity contribution in [1.82, 2.24) is 5.32 Å². The Morgan fingerprint density at radius 1 is 0.532 bits per heavy atom. The second-order valence-corrected chi connectivity index (χ2v) is 18.1. The normalized spacial score (nSPS) is 14.0. The Kier molecular flexibility index (Phi) is 43.2. The van der Waals surface area contributed by atoms with Gasteiger partial charge in [0.25, 0.3) is 0 Å². The van der Waals surface area contributed by atoms with E-state index in [1.807, 2.05) is 0 Å². The van der Waals surface area contributed by atoms with E-state index in [1.165, 1.54) is 109 Å². The molecule has 4 N–H and O–H groups in total. The molecule has 0 bridgehead atoms. The molecular weight excluding hydrogens is 806 g/mol. The highest BCUT2D eigenvalue weighted by atomic mass is 31.2. The lowest BCUT2D eigenvalue weighted by molar-refractivity contribution is -0.147. The number of esters is 1. The average Bonchev–Trinajstić information content (AvgIpc) is 3.25. The van der Waals surface area contributed by atoms with Crippen LogP contribution in [0.1, 0.15) is 219 Å². The van der Waals surface area contributed by atoms with Crippen LogP contribution in [0.4, 0.5) is 0 Å². The summed E-state index contributed by atoms with van der Waals surface area (Å²) in [4.78, 5) is 46.1. The fourth-order valence-corrected chi connectivity index (χ4v) is 7.57. The first-order chi connectivity index (χ1) is 30.1. The van der Waals surface area contributed by atoms with E-state index in [0.29, 0.717) is 12.8 Å². The molecule has 0 aliphatic carbocycles. The number of unbranched alkanes of at least 4 members (excludes halogenated alkanes) is 24. The number of ether oxygens (including phenoxy) is 1. The van der Waals surface area contributed by atoms with Crippen molar-refractivity contribution in [1.29, 1.82) is 0 Å². The molecule has 11 nitrogen and oxygen atoms in total. The molecule has 0 heterocycles. The molecule has 12 heteroatoms. The number of hydrogen-bond donors (Lipinski definition) is 4. The Morgan fingerprint density at radius 3 is 1.42 bits per heavy atom. The van der Waals surface area contributed by atoms with Crippen molar-refractivity contribution in [2.75, 3.05) is 19.8 Å². The smallest absolute Gasteiger partial charge is 0.472 e. The van der Waals surface area contributed by atoms with E-state index >= 15 is 0 Å². The first-order valence-electron chi connectivity index (χ1n) is 24.7. The van der Waals surface area contributed by atoms with Gasteiger partial charge in [0, 0.05) is 12.8 Å². The summed E-state index contributed by atoms with van der Waals surface area (Å²) in [5.41, 5.74) is 0. The summed E-state index contributed by atoms with van der Waals surface area (Å²) in [5, 5.41) is 21.9. The minimum absolute atomic E-state index is 0.145. The molecule has 0 saturated carbocycles. The lowest BCUT2D eigenvalue weighted by Crippen LogP contribution is -2.43.